The Morgan fingerprint density at radius 3 is 2.63 bits per heavy atom. The third-order valence-electron chi connectivity index (χ3n) is 4.03. The Morgan fingerprint density at radius 1 is 1.26 bits per heavy atom. The number of aliphatic imine (C=N–C) groups is 1. The summed E-state index contributed by atoms with van der Waals surface area (Å²) in [5.74, 6) is 0.199. The molecule has 0 aliphatic carbocycles. The van der Waals surface area contributed by atoms with Crippen LogP contribution in [0, 0.1) is 6.92 Å². The lowest BCUT2D eigenvalue weighted by Crippen LogP contribution is -2.39. The first kappa shape index (κ1) is 21.4. The number of rotatable bonds is 8. The summed E-state index contributed by atoms with van der Waals surface area (Å²) in [7, 11) is -3.49. The highest BCUT2D eigenvalue weighted by Gasteiger charge is 2.20. The van der Waals surface area contributed by atoms with Gasteiger partial charge in [0.15, 0.2) is 15.8 Å². The molecule has 3 N–H and O–H groups in total. The molecule has 1 aromatic heterocycles. The van der Waals surface area contributed by atoms with Crippen molar-refractivity contribution < 1.29 is 13.5 Å². The molecule has 0 saturated carbocycles. The normalized spacial score (nSPS) is 14.6. The SMILES string of the molecule is CCNC(=NCC(O)CS(=O)(=O)c1cccs1)NC(C)c1ccccc1C. The van der Waals surface area contributed by atoms with Crippen molar-refractivity contribution in [1.82, 2.24) is 10.6 Å². The molecule has 2 atom stereocenters. The molecule has 0 amide bonds. The van der Waals surface area contributed by atoms with E-state index in [9.17, 15) is 13.5 Å². The van der Waals surface area contributed by atoms with Crippen molar-refractivity contribution in [2.24, 2.45) is 4.99 Å². The first-order valence-electron chi connectivity index (χ1n) is 8.88. The van der Waals surface area contributed by atoms with Crippen LogP contribution in [0.2, 0.25) is 0 Å². The fourth-order valence-corrected chi connectivity index (χ4v) is 5.17. The zero-order valence-electron chi connectivity index (χ0n) is 15.8. The third-order valence-corrected chi connectivity index (χ3v) is 7.31. The van der Waals surface area contributed by atoms with E-state index in [4.69, 9.17) is 0 Å². The van der Waals surface area contributed by atoms with Gasteiger partial charge in [0, 0.05) is 6.54 Å². The summed E-state index contributed by atoms with van der Waals surface area (Å²) < 4.78 is 24.8. The summed E-state index contributed by atoms with van der Waals surface area (Å²) in [4.78, 5) is 4.36. The molecule has 0 saturated heterocycles. The van der Waals surface area contributed by atoms with Crippen LogP contribution in [0.25, 0.3) is 0 Å². The molecule has 148 valence electrons. The molecule has 1 heterocycles. The number of aliphatic hydroxyl groups is 1. The molecule has 0 fully saturated rings. The van der Waals surface area contributed by atoms with Gasteiger partial charge in [-0.15, -0.1) is 11.3 Å². The van der Waals surface area contributed by atoms with Crippen LogP contribution in [0.15, 0.2) is 51.0 Å². The second-order valence-electron chi connectivity index (χ2n) is 6.31. The molecule has 0 aliphatic rings. The molecule has 0 aliphatic heterocycles. The summed E-state index contributed by atoms with van der Waals surface area (Å²) in [6.45, 7) is 6.70. The number of hydrogen-bond acceptors (Lipinski definition) is 5. The predicted octanol–water partition coefficient (Wildman–Crippen LogP) is 2.51. The summed E-state index contributed by atoms with van der Waals surface area (Å²) in [6, 6.07) is 11.3. The van der Waals surface area contributed by atoms with Crippen LogP contribution in [0.3, 0.4) is 0 Å². The van der Waals surface area contributed by atoms with Crippen LogP contribution in [0.5, 0.6) is 0 Å². The maximum atomic E-state index is 12.2. The van der Waals surface area contributed by atoms with Gasteiger partial charge < -0.3 is 15.7 Å². The van der Waals surface area contributed by atoms with Gasteiger partial charge in [0.05, 0.1) is 24.4 Å². The first-order valence-corrected chi connectivity index (χ1v) is 11.4. The average molecular weight is 410 g/mol. The van der Waals surface area contributed by atoms with Gasteiger partial charge >= 0.3 is 0 Å². The van der Waals surface area contributed by atoms with Crippen molar-refractivity contribution in [3.8, 4) is 0 Å². The minimum Gasteiger partial charge on any atom is -0.390 e. The molecule has 27 heavy (non-hydrogen) atoms. The van der Waals surface area contributed by atoms with Gasteiger partial charge in [0.2, 0.25) is 0 Å². The molecule has 6 nitrogen and oxygen atoms in total. The number of sulfone groups is 1. The highest BCUT2D eigenvalue weighted by molar-refractivity contribution is 7.93. The van der Waals surface area contributed by atoms with Crippen molar-refractivity contribution in [1.29, 1.82) is 0 Å². The van der Waals surface area contributed by atoms with E-state index in [0.717, 1.165) is 16.9 Å². The van der Waals surface area contributed by atoms with E-state index in [1.807, 2.05) is 26.0 Å². The molecular formula is C19H27N3O3S2. The maximum Gasteiger partial charge on any atom is 0.191 e. The number of thiophene rings is 1. The van der Waals surface area contributed by atoms with Gasteiger partial charge in [-0.1, -0.05) is 30.3 Å². The van der Waals surface area contributed by atoms with Crippen LogP contribution in [0.1, 0.15) is 31.0 Å². The first-order chi connectivity index (χ1) is 12.8. The zero-order valence-corrected chi connectivity index (χ0v) is 17.5. The third kappa shape index (κ3) is 6.34. The largest absolute Gasteiger partial charge is 0.390 e. The quantitative estimate of drug-likeness (QED) is 0.460. The highest BCUT2D eigenvalue weighted by Crippen LogP contribution is 2.18. The number of nitrogens with zero attached hydrogens (tertiary/aromatic N) is 1. The number of nitrogens with one attached hydrogen (secondary N) is 2. The smallest absolute Gasteiger partial charge is 0.191 e. The number of aryl methyl sites for hydroxylation is 1. The highest BCUT2D eigenvalue weighted by atomic mass is 32.2. The molecule has 2 unspecified atom stereocenters. The molecule has 0 spiro atoms. The fourth-order valence-electron chi connectivity index (χ4n) is 2.70. The zero-order chi connectivity index (χ0) is 19.9. The Balaban J connectivity index is 2.01. The van der Waals surface area contributed by atoms with E-state index >= 15 is 0 Å². The van der Waals surface area contributed by atoms with Crippen LogP contribution in [-0.2, 0) is 9.84 Å². The Labute approximate surface area is 165 Å². The number of benzene rings is 1. The second-order valence-corrected chi connectivity index (χ2v) is 9.52. The summed E-state index contributed by atoms with van der Waals surface area (Å²) in [5, 5.41) is 18.3. The average Bonchev–Trinajstić information content (AvgIpc) is 3.15. The van der Waals surface area contributed by atoms with Gasteiger partial charge in [-0.25, -0.2) is 8.42 Å². The van der Waals surface area contributed by atoms with E-state index in [-0.39, 0.29) is 22.5 Å². The number of hydrogen-bond donors (Lipinski definition) is 3. The Bertz CT molecular complexity index is 849. The lowest BCUT2D eigenvalue weighted by Gasteiger charge is -2.20. The van der Waals surface area contributed by atoms with Gasteiger partial charge in [-0.2, -0.15) is 0 Å². The topological polar surface area (TPSA) is 90.8 Å². The van der Waals surface area contributed by atoms with Crippen molar-refractivity contribution >= 4 is 27.1 Å². The van der Waals surface area contributed by atoms with E-state index in [1.165, 1.54) is 5.56 Å². The maximum absolute atomic E-state index is 12.2. The van der Waals surface area contributed by atoms with E-state index in [2.05, 4.69) is 34.7 Å². The van der Waals surface area contributed by atoms with Gasteiger partial charge in [0.25, 0.3) is 0 Å². The Morgan fingerprint density at radius 2 is 2.00 bits per heavy atom. The van der Waals surface area contributed by atoms with Crippen LogP contribution in [0.4, 0.5) is 0 Å². The summed E-state index contributed by atoms with van der Waals surface area (Å²) >= 11 is 1.15. The molecule has 2 rings (SSSR count). The molecule has 8 heteroatoms. The lowest BCUT2D eigenvalue weighted by molar-refractivity contribution is 0.206. The standard InChI is InChI=1S/C19H27N3O3S2/c1-4-20-19(22-15(3)17-9-6-5-8-14(17)2)21-12-16(23)13-27(24,25)18-10-7-11-26-18/h5-11,15-16,23H,4,12-13H2,1-3H3,(H2,20,21,22). The van der Waals surface area contributed by atoms with Crippen molar-refractivity contribution in [2.75, 3.05) is 18.8 Å². The Kier molecular flexibility index (Phi) is 7.82. The summed E-state index contributed by atoms with van der Waals surface area (Å²) in [5.41, 5.74) is 2.33. The van der Waals surface area contributed by atoms with E-state index in [1.54, 1.807) is 17.5 Å². The van der Waals surface area contributed by atoms with Crippen LogP contribution in [-0.4, -0.2) is 44.4 Å². The minimum absolute atomic E-state index is 0.000427. The summed E-state index contributed by atoms with van der Waals surface area (Å²) in [6.07, 6.45) is -1.07. The minimum atomic E-state index is -3.49. The Hall–Kier alpha value is -1.90. The van der Waals surface area contributed by atoms with Crippen LogP contribution >= 0.6 is 11.3 Å². The lowest BCUT2D eigenvalue weighted by atomic mass is 10.0. The van der Waals surface area contributed by atoms with Crippen molar-refractivity contribution in [2.45, 2.75) is 37.1 Å². The molecule has 2 aromatic rings. The van der Waals surface area contributed by atoms with Gasteiger partial charge in [0.1, 0.15) is 4.21 Å². The molecule has 0 bridgehead atoms. The van der Waals surface area contributed by atoms with Gasteiger partial charge in [-0.05, 0) is 43.3 Å². The van der Waals surface area contributed by atoms with Crippen molar-refractivity contribution in [3.63, 3.8) is 0 Å². The fraction of sp³-hybridized carbons (Fsp3) is 0.421. The van der Waals surface area contributed by atoms with E-state index < -0.39 is 15.9 Å². The van der Waals surface area contributed by atoms with Crippen molar-refractivity contribution in [3.05, 3.63) is 52.9 Å². The number of guanidine groups is 1. The predicted molar refractivity (Wildman–Crippen MR) is 111 cm³/mol. The molecule has 1 aromatic carbocycles. The second kappa shape index (κ2) is 9.87. The van der Waals surface area contributed by atoms with Crippen LogP contribution < -0.4 is 10.6 Å². The van der Waals surface area contributed by atoms with E-state index in [0.29, 0.717) is 12.5 Å². The molecule has 0 radical (unpaired) electrons. The number of aliphatic hydroxyl groups excluding tert-OH is 1. The van der Waals surface area contributed by atoms with Gasteiger partial charge in [-0.3, -0.25) is 4.99 Å². The molecular weight excluding hydrogens is 382 g/mol. The monoisotopic (exact) mass is 409 g/mol.